The van der Waals surface area contributed by atoms with Gasteiger partial charge in [0.25, 0.3) is 5.91 Å². The summed E-state index contributed by atoms with van der Waals surface area (Å²) in [6.07, 6.45) is 1.52. The minimum absolute atomic E-state index is 0.00489. The van der Waals surface area contributed by atoms with E-state index in [-0.39, 0.29) is 5.57 Å². The van der Waals surface area contributed by atoms with Gasteiger partial charge in [-0.1, -0.05) is 11.6 Å². The maximum Gasteiger partial charge on any atom is 0.266 e. The van der Waals surface area contributed by atoms with Crippen molar-refractivity contribution >= 4 is 17.7 Å². The van der Waals surface area contributed by atoms with Crippen molar-refractivity contribution in [2.24, 2.45) is 0 Å². The van der Waals surface area contributed by atoms with Gasteiger partial charge in [-0.15, -0.1) is 0 Å². The number of aryl methyl sites for hydroxylation is 1. The highest BCUT2D eigenvalue weighted by atomic mass is 16.5. The molecule has 122 valence electrons. The molecule has 0 aliphatic rings. The van der Waals surface area contributed by atoms with Crippen molar-refractivity contribution in [2.45, 2.75) is 6.92 Å². The summed E-state index contributed by atoms with van der Waals surface area (Å²) in [6, 6.07) is 14.4. The van der Waals surface area contributed by atoms with Gasteiger partial charge in [0.1, 0.15) is 23.1 Å². The van der Waals surface area contributed by atoms with Crippen LogP contribution in [-0.4, -0.2) is 20.1 Å². The van der Waals surface area contributed by atoms with Gasteiger partial charge in [-0.2, -0.15) is 5.26 Å². The number of anilines is 1. The minimum atomic E-state index is -0.480. The Labute approximate surface area is 141 Å². The molecular weight excluding hydrogens is 304 g/mol. The number of rotatable bonds is 5. The Bertz CT molecular complexity index is 802. The summed E-state index contributed by atoms with van der Waals surface area (Å²) in [7, 11) is 3.12. The predicted octanol–water partition coefficient (Wildman–Crippen LogP) is 3.56. The fourth-order valence-electron chi connectivity index (χ4n) is 2.14. The molecule has 0 spiro atoms. The van der Waals surface area contributed by atoms with Crippen LogP contribution in [0, 0.1) is 18.3 Å². The molecule has 0 saturated carbocycles. The number of nitriles is 1. The Hall–Kier alpha value is -3.26. The standard InChI is InChI=1S/C19H18N2O3/c1-13-4-9-18(24-3)14(10-13)11-15(12-20)19(22)21-16-5-7-17(23-2)8-6-16/h4-11H,1-3H3,(H,21,22)/b15-11+. The van der Waals surface area contributed by atoms with Gasteiger partial charge >= 0.3 is 0 Å². The zero-order chi connectivity index (χ0) is 17.5. The topological polar surface area (TPSA) is 71.3 Å². The highest BCUT2D eigenvalue weighted by molar-refractivity contribution is 6.09. The van der Waals surface area contributed by atoms with Gasteiger partial charge < -0.3 is 14.8 Å². The van der Waals surface area contributed by atoms with E-state index in [1.54, 1.807) is 44.6 Å². The zero-order valence-corrected chi connectivity index (χ0v) is 13.8. The van der Waals surface area contributed by atoms with Gasteiger partial charge in [0.15, 0.2) is 0 Å². The summed E-state index contributed by atoms with van der Waals surface area (Å²) in [5, 5.41) is 12.0. The Kier molecular flexibility index (Phi) is 5.58. The van der Waals surface area contributed by atoms with Gasteiger partial charge in [-0.3, -0.25) is 4.79 Å². The van der Waals surface area contributed by atoms with Gasteiger partial charge in [0.2, 0.25) is 0 Å². The fourth-order valence-corrected chi connectivity index (χ4v) is 2.14. The van der Waals surface area contributed by atoms with Gasteiger partial charge in [0.05, 0.1) is 14.2 Å². The Balaban J connectivity index is 2.25. The quantitative estimate of drug-likeness (QED) is 0.675. The minimum Gasteiger partial charge on any atom is -0.497 e. The van der Waals surface area contributed by atoms with E-state index in [4.69, 9.17) is 9.47 Å². The summed E-state index contributed by atoms with van der Waals surface area (Å²) in [5.41, 5.74) is 2.27. The lowest BCUT2D eigenvalue weighted by Gasteiger charge is -2.08. The molecule has 24 heavy (non-hydrogen) atoms. The first kappa shape index (κ1) is 17.1. The number of ether oxygens (including phenoxy) is 2. The van der Waals surface area contributed by atoms with Crippen molar-refractivity contribution in [3.05, 3.63) is 59.2 Å². The predicted molar refractivity (Wildman–Crippen MR) is 92.9 cm³/mol. The molecule has 0 bridgehead atoms. The fraction of sp³-hybridized carbons (Fsp3) is 0.158. The molecule has 5 nitrogen and oxygen atoms in total. The van der Waals surface area contributed by atoms with Crippen molar-refractivity contribution in [3.63, 3.8) is 0 Å². The number of nitrogens with zero attached hydrogens (tertiary/aromatic N) is 1. The SMILES string of the molecule is COc1ccc(NC(=O)/C(C#N)=C/c2cc(C)ccc2OC)cc1. The normalized spacial score (nSPS) is 10.7. The summed E-state index contributed by atoms with van der Waals surface area (Å²) in [5.74, 6) is 0.811. The van der Waals surface area contributed by atoms with E-state index >= 15 is 0 Å². The van der Waals surface area contributed by atoms with E-state index in [9.17, 15) is 10.1 Å². The number of nitrogens with one attached hydrogen (secondary N) is 1. The maximum absolute atomic E-state index is 12.3. The van der Waals surface area contributed by atoms with E-state index in [0.29, 0.717) is 22.7 Å². The lowest BCUT2D eigenvalue weighted by molar-refractivity contribution is -0.112. The molecule has 2 aromatic rings. The Morgan fingerprint density at radius 3 is 2.42 bits per heavy atom. The van der Waals surface area contributed by atoms with Crippen molar-refractivity contribution < 1.29 is 14.3 Å². The lowest BCUT2D eigenvalue weighted by Crippen LogP contribution is -2.13. The molecule has 1 amide bonds. The lowest BCUT2D eigenvalue weighted by atomic mass is 10.1. The number of amides is 1. The average molecular weight is 322 g/mol. The molecule has 0 heterocycles. The molecule has 1 N–H and O–H groups in total. The van der Waals surface area contributed by atoms with Gasteiger partial charge in [-0.25, -0.2) is 0 Å². The number of carbonyl (C=O) groups excluding carboxylic acids is 1. The first-order valence-electron chi connectivity index (χ1n) is 7.29. The molecule has 2 aromatic carbocycles. The second kappa shape index (κ2) is 7.84. The van der Waals surface area contributed by atoms with Gasteiger partial charge in [-0.05, 0) is 49.4 Å². The molecule has 0 atom stereocenters. The van der Waals surface area contributed by atoms with Crippen molar-refractivity contribution in [1.82, 2.24) is 0 Å². The monoisotopic (exact) mass is 322 g/mol. The van der Waals surface area contributed by atoms with E-state index in [0.717, 1.165) is 5.56 Å². The second-order valence-corrected chi connectivity index (χ2v) is 5.10. The maximum atomic E-state index is 12.3. The van der Waals surface area contributed by atoms with E-state index in [1.807, 2.05) is 25.1 Å². The summed E-state index contributed by atoms with van der Waals surface area (Å²) >= 11 is 0. The van der Waals surface area contributed by atoms with Crippen LogP contribution >= 0.6 is 0 Å². The molecule has 0 aliphatic carbocycles. The van der Waals surface area contributed by atoms with E-state index in [1.165, 1.54) is 6.08 Å². The zero-order valence-electron chi connectivity index (χ0n) is 13.8. The highest BCUT2D eigenvalue weighted by Crippen LogP contribution is 2.23. The third-order valence-electron chi connectivity index (χ3n) is 3.40. The molecule has 0 aliphatic heterocycles. The van der Waals surface area contributed by atoms with Crippen molar-refractivity contribution in [1.29, 1.82) is 5.26 Å². The van der Waals surface area contributed by atoms with Crippen LogP contribution < -0.4 is 14.8 Å². The summed E-state index contributed by atoms with van der Waals surface area (Å²) < 4.78 is 10.3. The average Bonchev–Trinajstić information content (AvgIpc) is 2.60. The molecule has 0 fully saturated rings. The van der Waals surface area contributed by atoms with Crippen LogP contribution in [0.25, 0.3) is 6.08 Å². The van der Waals surface area contributed by atoms with Crippen LogP contribution in [0.2, 0.25) is 0 Å². The number of carbonyl (C=O) groups is 1. The van der Waals surface area contributed by atoms with Crippen LogP contribution in [-0.2, 0) is 4.79 Å². The first-order chi connectivity index (χ1) is 11.6. The van der Waals surface area contributed by atoms with E-state index < -0.39 is 5.91 Å². The number of hydrogen-bond acceptors (Lipinski definition) is 4. The molecule has 0 saturated heterocycles. The van der Waals surface area contributed by atoms with Crippen LogP contribution in [0.1, 0.15) is 11.1 Å². The number of hydrogen-bond donors (Lipinski definition) is 1. The highest BCUT2D eigenvalue weighted by Gasteiger charge is 2.11. The number of methoxy groups -OCH3 is 2. The molecule has 0 unspecified atom stereocenters. The number of benzene rings is 2. The van der Waals surface area contributed by atoms with Crippen molar-refractivity contribution in [3.8, 4) is 17.6 Å². The van der Waals surface area contributed by atoms with Crippen LogP contribution in [0.15, 0.2) is 48.0 Å². The van der Waals surface area contributed by atoms with E-state index in [2.05, 4.69) is 5.32 Å². The molecular formula is C19H18N2O3. The summed E-state index contributed by atoms with van der Waals surface area (Å²) in [6.45, 7) is 1.93. The van der Waals surface area contributed by atoms with Crippen molar-refractivity contribution in [2.75, 3.05) is 19.5 Å². The molecule has 0 aromatic heterocycles. The smallest absolute Gasteiger partial charge is 0.266 e. The van der Waals surface area contributed by atoms with Crippen LogP contribution in [0.5, 0.6) is 11.5 Å². The second-order valence-electron chi connectivity index (χ2n) is 5.10. The van der Waals surface area contributed by atoms with Crippen LogP contribution in [0.4, 0.5) is 5.69 Å². The largest absolute Gasteiger partial charge is 0.497 e. The third-order valence-corrected chi connectivity index (χ3v) is 3.40. The first-order valence-corrected chi connectivity index (χ1v) is 7.29. The summed E-state index contributed by atoms with van der Waals surface area (Å²) in [4.78, 5) is 12.3. The molecule has 2 rings (SSSR count). The van der Waals surface area contributed by atoms with Crippen LogP contribution in [0.3, 0.4) is 0 Å². The Morgan fingerprint density at radius 1 is 1.12 bits per heavy atom. The molecule has 0 radical (unpaired) electrons. The Morgan fingerprint density at radius 2 is 1.83 bits per heavy atom. The third kappa shape index (κ3) is 4.14. The molecule has 5 heteroatoms. The van der Waals surface area contributed by atoms with Gasteiger partial charge in [0, 0.05) is 11.3 Å².